The molecule has 0 spiro atoms. The van der Waals surface area contributed by atoms with Gasteiger partial charge in [0.25, 0.3) is 0 Å². The van der Waals surface area contributed by atoms with Gasteiger partial charge in [-0.3, -0.25) is 0 Å². The third-order valence-electron chi connectivity index (χ3n) is 3.77. The third-order valence-corrected chi connectivity index (χ3v) is 3.77. The molecule has 0 amide bonds. The van der Waals surface area contributed by atoms with E-state index < -0.39 is 0 Å². The molecule has 2 aromatic rings. The van der Waals surface area contributed by atoms with Crippen LogP contribution in [0.5, 0.6) is 0 Å². The highest BCUT2D eigenvalue weighted by Gasteiger charge is 2.27. The molecule has 5 nitrogen and oxygen atoms in total. The van der Waals surface area contributed by atoms with Crippen LogP contribution in [-0.4, -0.2) is 33.2 Å². The van der Waals surface area contributed by atoms with Crippen molar-refractivity contribution in [3.8, 4) is 0 Å². The van der Waals surface area contributed by atoms with E-state index >= 15 is 0 Å². The van der Waals surface area contributed by atoms with E-state index in [2.05, 4.69) is 27.5 Å². The highest BCUT2D eigenvalue weighted by molar-refractivity contribution is 5.86. The zero-order valence-electron chi connectivity index (χ0n) is 10.9. The number of pyridine rings is 1. The number of hydrogen-bond donors (Lipinski definition) is 2. The quantitative estimate of drug-likeness (QED) is 0.842. The second-order valence-electron chi connectivity index (χ2n) is 5.32. The molecule has 1 fully saturated rings. The van der Waals surface area contributed by atoms with Gasteiger partial charge >= 0.3 is 0 Å². The fraction of sp³-hybridized carbons (Fsp3) is 0.538. The van der Waals surface area contributed by atoms with Crippen molar-refractivity contribution in [2.75, 3.05) is 18.4 Å². The summed E-state index contributed by atoms with van der Waals surface area (Å²) >= 11 is 0. The predicted molar refractivity (Wildman–Crippen MR) is 72.6 cm³/mol. The van der Waals surface area contributed by atoms with Crippen LogP contribution >= 0.6 is 0 Å². The molecule has 0 unspecified atom stereocenters. The summed E-state index contributed by atoms with van der Waals surface area (Å²) in [5.41, 5.74) is 2.19. The first kappa shape index (κ1) is 11.5. The second kappa shape index (κ2) is 4.24. The minimum atomic E-state index is 0.115. The molecule has 1 aliphatic rings. The normalized spacial score (nSPS) is 19.0. The lowest BCUT2D eigenvalue weighted by atomic mass is 9.90. The number of aromatic nitrogens is 3. The number of nitrogens with zero attached hydrogens (tertiary/aromatic N) is 3. The predicted octanol–water partition coefficient (Wildman–Crippen LogP) is 1.52. The number of imidazole rings is 1. The molecule has 3 rings (SSSR count). The van der Waals surface area contributed by atoms with Crippen molar-refractivity contribution in [3.05, 3.63) is 18.6 Å². The van der Waals surface area contributed by atoms with Gasteiger partial charge in [0.2, 0.25) is 0 Å². The van der Waals surface area contributed by atoms with E-state index in [4.69, 9.17) is 0 Å². The first-order valence-electron chi connectivity index (χ1n) is 6.43. The smallest absolute Gasteiger partial charge is 0.154 e. The van der Waals surface area contributed by atoms with Gasteiger partial charge in [0.05, 0.1) is 11.8 Å². The van der Waals surface area contributed by atoms with Crippen molar-refractivity contribution in [2.24, 2.45) is 7.05 Å². The van der Waals surface area contributed by atoms with Gasteiger partial charge < -0.3 is 15.2 Å². The molecular weight excluding hydrogens is 226 g/mol. The molecule has 0 aromatic carbocycles. The average Bonchev–Trinajstić information content (AvgIpc) is 2.73. The maximum Gasteiger partial charge on any atom is 0.154 e. The number of nitrogens with one attached hydrogen (secondary N) is 2. The van der Waals surface area contributed by atoms with Crippen LogP contribution in [0, 0.1) is 0 Å². The lowest BCUT2D eigenvalue weighted by Crippen LogP contribution is -2.45. The largest absolute Gasteiger partial charge is 0.363 e. The van der Waals surface area contributed by atoms with Crippen molar-refractivity contribution < 1.29 is 0 Å². The summed E-state index contributed by atoms with van der Waals surface area (Å²) < 4.78 is 2.02. The van der Waals surface area contributed by atoms with Gasteiger partial charge in [0.1, 0.15) is 5.52 Å². The van der Waals surface area contributed by atoms with Crippen molar-refractivity contribution in [1.29, 1.82) is 0 Å². The van der Waals surface area contributed by atoms with Gasteiger partial charge in [-0.05, 0) is 38.9 Å². The minimum Gasteiger partial charge on any atom is -0.363 e. The van der Waals surface area contributed by atoms with Gasteiger partial charge in [0.15, 0.2) is 5.82 Å². The van der Waals surface area contributed by atoms with Crippen LogP contribution in [-0.2, 0) is 7.05 Å². The Kier molecular flexibility index (Phi) is 2.70. The Balaban J connectivity index is 1.94. The molecule has 18 heavy (non-hydrogen) atoms. The fourth-order valence-electron chi connectivity index (χ4n) is 2.54. The molecule has 2 aromatic heterocycles. The van der Waals surface area contributed by atoms with E-state index in [1.807, 2.05) is 30.2 Å². The standard InChI is InChI=1S/C13H19N5/c1-13(4-7-14-8-5-13)17-12-11-10(3-6-15-12)18(2)9-16-11/h3,6,9,14H,4-5,7-8H2,1-2H3,(H,15,17). The first-order valence-corrected chi connectivity index (χ1v) is 6.43. The molecule has 3 heterocycles. The van der Waals surface area contributed by atoms with E-state index in [0.29, 0.717) is 0 Å². The second-order valence-corrected chi connectivity index (χ2v) is 5.32. The van der Waals surface area contributed by atoms with Crippen molar-refractivity contribution in [1.82, 2.24) is 19.9 Å². The van der Waals surface area contributed by atoms with E-state index in [-0.39, 0.29) is 5.54 Å². The number of piperidine rings is 1. The highest BCUT2D eigenvalue weighted by Crippen LogP contribution is 2.26. The fourth-order valence-corrected chi connectivity index (χ4v) is 2.54. The van der Waals surface area contributed by atoms with Crippen molar-refractivity contribution >= 4 is 16.9 Å². The summed E-state index contributed by atoms with van der Waals surface area (Å²) in [6, 6.07) is 2.00. The number of fused-ring (bicyclic) bond motifs is 1. The van der Waals surface area contributed by atoms with Crippen molar-refractivity contribution in [3.63, 3.8) is 0 Å². The molecule has 5 heteroatoms. The van der Waals surface area contributed by atoms with Gasteiger partial charge in [-0.15, -0.1) is 0 Å². The Labute approximate surface area is 107 Å². The lowest BCUT2D eigenvalue weighted by molar-refractivity contribution is 0.364. The maximum atomic E-state index is 4.45. The molecule has 96 valence electrons. The number of rotatable bonds is 2. The lowest BCUT2D eigenvalue weighted by Gasteiger charge is -2.35. The molecule has 2 N–H and O–H groups in total. The van der Waals surface area contributed by atoms with Gasteiger partial charge in [0, 0.05) is 18.8 Å². The van der Waals surface area contributed by atoms with Crippen molar-refractivity contribution in [2.45, 2.75) is 25.3 Å². The maximum absolute atomic E-state index is 4.45. The average molecular weight is 245 g/mol. The summed E-state index contributed by atoms with van der Waals surface area (Å²) in [5, 5.41) is 6.97. The molecule has 0 saturated carbocycles. The Hall–Kier alpha value is -1.62. The number of aryl methyl sites for hydroxylation is 1. The van der Waals surface area contributed by atoms with Crippen LogP contribution in [0.25, 0.3) is 11.0 Å². The van der Waals surface area contributed by atoms with Gasteiger partial charge in [-0.25, -0.2) is 9.97 Å². The van der Waals surface area contributed by atoms with Crippen LogP contribution in [0.2, 0.25) is 0 Å². The molecule has 0 aliphatic carbocycles. The van der Waals surface area contributed by atoms with E-state index in [0.717, 1.165) is 42.8 Å². The third kappa shape index (κ3) is 1.95. The minimum absolute atomic E-state index is 0.115. The summed E-state index contributed by atoms with van der Waals surface area (Å²) in [7, 11) is 2.01. The zero-order valence-corrected chi connectivity index (χ0v) is 10.9. The molecule has 0 radical (unpaired) electrons. The summed E-state index contributed by atoms with van der Waals surface area (Å²) in [5.74, 6) is 0.900. The Bertz CT molecular complexity index is 554. The topological polar surface area (TPSA) is 54.8 Å². The Morgan fingerprint density at radius 1 is 1.33 bits per heavy atom. The summed E-state index contributed by atoms with van der Waals surface area (Å²) in [4.78, 5) is 8.89. The molecule has 0 bridgehead atoms. The highest BCUT2D eigenvalue weighted by atomic mass is 15.1. The van der Waals surface area contributed by atoms with Crippen LogP contribution in [0.15, 0.2) is 18.6 Å². The SMILES string of the molecule is Cn1cnc2c(NC3(C)CCNCC3)nccc21. The van der Waals surface area contributed by atoms with Crippen LogP contribution < -0.4 is 10.6 Å². The Morgan fingerprint density at radius 2 is 2.11 bits per heavy atom. The molecular formula is C13H19N5. The molecule has 1 aliphatic heterocycles. The van der Waals surface area contributed by atoms with E-state index in [1.54, 1.807) is 0 Å². The first-order chi connectivity index (χ1) is 8.68. The zero-order chi connectivity index (χ0) is 12.6. The number of anilines is 1. The number of hydrogen-bond acceptors (Lipinski definition) is 4. The molecule has 0 atom stereocenters. The monoisotopic (exact) mass is 245 g/mol. The molecule has 1 saturated heterocycles. The van der Waals surface area contributed by atoms with Gasteiger partial charge in [-0.1, -0.05) is 0 Å². The van der Waals surface area contributed by atoms with E-state index in [1.165, 1.54) is 0 Å². The van der Waals surface area contributed by atoms with E-state index in [9.17, 15) is 0 Å². The Morgan fingerprint density at radius 3 is 2.89 bits per heavy atom. The van der Waals surface area contributed by atoms with Crippen LogP contribution in [0.3, 0.4) is 0 Å². The summed E-state index contributed by atoms with van der Waals surface area (Å²) in [6.07, 6.45) is 5.90. The van der Waals surface area contributed by atoms with Crippen LogP contribution in [0.1, 0.15) is 19.8 Å². The van der Waals surface area contributed by atoms with Gasteiger partial charge in [-0.2, -0.15) is 0 Å². The summed E-state index contributed by atoms with van der Waals surface area (Å²) in [6.45, 7) is 4.38. The van der Waals surface area contributed by atoms with Crippen LogP contribution in [0.4, 0.5) is 5.82 Å².